The minimum atomic E-state index is -0.738. The van der Waals surface area contributed by atoms with Gasteiger partial charge in [-0.2, -0.15) is 0 Å². The highest BCUT2D eigenvalue weighted by atomic mass is 79.9. The lowest BCUT2D eigenvalue weighted by Crippen LogP contribution is -2.29. The second kappa shape index (κ2) is 7.17. The van der Waals surface area contributed by atoms with Gasteiger partial charge in [0.1, 0.15) is 0 Å². The Balaban J connectivity index is 1.82. The molecule has 104 valence electrons. The predicted octanol–water partition coefficient (Wildman–Crippen LogP) is 2.24. The van der Waals surface area contributed by atoms with E-state index in [1.54, 1.807) is 24.5 Å². The third-order valence-electron chi connectivity index (χ3n) is 2.84. The number of carbonyl (C=O) groups excluding carboxylic acids is 1. The molecule has 1 aromatic heterocycles. The number of pyridine rings is 1. The van der Waals surface area contributed by atoms with Gasteiger partial charge in [0.25, 0.3) is 0 Å². The summed E-state index contributed by atoms with van der Waals surface area (Å²) in [4.78, 5) is 15.7. The molecule has 5 heteroatoms. The lowest BCUT2D eigenvalue weighted by atomic mass is 10.1. The second-order valence-electron chi connectivity index (χ2n) is 4.41. The van der Waals surface area contributed by atoms with Crippen LogP contribution in [0, 0.1) is 0 Å². The van der Waals surface area contributed by atoms with Crippen LogP contribution >= 0.6 is 15.9 Å². The Morgan fingerprint density at radius 1 is 1.30 bits per heavy atom. The van der Waals surface area contributed by atoms with Crippen LogP contribution in [-0.4, -0.2) is 22.5 Å². The molecule has 0 saturated heterocycles. The number of aromatic nitrogens is 1. The number of amides is 1. The van der Waals surface area contributed by atoms with Gasteiger partial charge in [-0.3, -0.25) is 9.78 Å². The molecule has 0 bridgehead atoms. The molecule has 0 spiro atoms. The normalized spacial score (nSPS) is 11.9. The molecule has 2 aromatic rings. The highest BCUT2D eigenvalue weighted by Gasteiger charge is 2.09. The first-order valence-electron chi connectivity index (χ1n) is 6.24. The first-order valence-corrected chi connectivity index (χ1v) is 7.03. The minimum absolute atomic E-state index is 0.115. The van der Waals surface area contributed by atoms with Crippen LogP contribution < -0.4 is 5.32 Å². The van der Waals surface area contributed by atoms with Crippen molar-refractivity contribution in [2.24, 2.45) is 0 Å². The van der Waals surface area contributed by atoms with Crippen molar-refractivity contribution in [3.63, 3.8) is 0 Å². The number of hydrogen-bond donors (Lipinski definition) is 2. The van der Waals surface area contributed by atoms with Gasteiger partial charge >= 0.3 is 0 Å². The number of nitrogens with one attached hydrogen (secondary N) is 1. The maximum atomic E-state index is 11.8. The van der Waals surface area contributed by atoms with Crippen LogP contribution in [0.25, 0.3) is 0 Å². The summed E-state index contributed by atoms with van der Waals surface area (Å²) < 4.78 is 0.980. The Morgan fingerprint density at radius 2 is 2.05 bits per heavy atom. The molecule has 0 aliphatic heterocycles. The maximum absolute atomic E-state index is 11.8. The molecule has 1 amide bonds. The summed E-state index contributed by atoms with van der Waals surface area (Å²) in [7, 11) is 0. The molecule has 0 fully saturated rings. The van der Waals surface area contributed by atoms with Crippen LogP contribution in [0.5, 0.6) is 0 Å². The van der Waals surface area contributed by atoms with Gasteiger partial charge in [0.15, 0.2) is 0 Å². The summed E-state index contributed by atoms with van der Waals surface area (Å²) in [5.74, 6) is -0.115. The van der Waals surface area contributed by atoms with E-state index in [0.29, 0.717) is 12.0 Å². The van der Waals surface area contributed by atoms with Gasteiger partial charge in [0.2, 0.25) is 5.91 Å². The van der Waals surface area contributed by atoms with E-state index in [-0.39, 0.29) is 12.5 Å². The van der Waals surface area contributed by atoms with Gasteiger partial charge in [-0.05, 0) is 23.8 Å². The Morgan fingerprint density at radius 3 is 2.70 bits per heavy atom. The van der Waals surface area contributed by atoms with E-state index < -0.39 is 6.10 Å². The zero-order chi connectivity index (χ0) is 14.4. The molecule has 1 atom stereocenters. The molecule has 2 N–H and O–H groups in total. The molecule has 4 nitrogen and oxygen atoms in total. The maximum Gasteiger partial charge on any atom is 0.224 e. The van der Waals surface area contributed by atoms with Gasteiger partial charge in [-0.15, -0.1) is 0 Å². The molecular weight excluding hydrogens is 320 g/mol. The van der Waals surface area contributed by atoms with Gasteiger partial charge in [-0.25, -0.2) is 0 Å². The van der Waals surface area contributed by atoms with Crippen LogP contribution in [-0.2, 0) is 11.2 Å². The molecule has 0 radical (unpaired) electrons. The molecule has 1 unspecified atom stereocenters. The molecular formula is C15H15BrN2O2. The van der Waals surface area contributed by atoms with Crippen molar-refractivity contribution in [1.29, 1.82) is 0 Å². The van der Waals surface area contributed by atoms with Crippen LogP contribution in [0.15, 0.2) is 53.3 Å². The van der Waals surface area contributed by atoms with Crippen molar-refractivity contribution in [3.05, 3.63) is 64.4 Å². The second-order valence-corrected chi connectivity index (χ2v) is 5.33. The average Bonchev–Trinajstić information content (AvgIpc) is 2.48. The number of carbonyl (C=O) groups is 1. The van der Waals surface area contributed by atoms with Crippen molar-refractivity contribution in [3.8, 4) is 0 Å². The highest BCUT2D eigenvalue weighted by Crippen LogP contribution is 2.11. The van der Waals surface area contributed by atoms with Crippen molar-refractivity contribution < 1.29 is 9.90 Å². The van der Waals surface area contributed by atoms with E-state index in [0.717, 1.165) is 10.0 Å². The van der Waals surface area contributed by atoms with Crippen LogP contribution in [0.3, 0.4) is 0 Å². The van der Waals surface area contributed by atoms with E-state index in [1.165, 1.54) is 0 Å². The van der Waals surface area contributed by atoms with Gasteiger partial charge in [0, 0.05) is 29.0 Å². The number of rotatable bonds is 5. The molecule has 1 heterocycles. The average molecular weight is 335 g/mol. The quantitative estimate of drug-likeness (QED) is 0.881. The number of halogens is 1. The Hall–Kier alpha value is -1.72. The first kappa shape index (κ1) is 14.7. The van der Waals surface area contributed by atoms with Crippen molar-refractivity contribution in [2.45, 2.75) is 12.5 Å². The van der Waals surface area contributed by atoms with Crippen LogP contribution in [0.1, 0.15) is 17.2 Å². The summed E-state index contributed by atoms with van der Waals surface area (Å²) in [6.45, 7) is 0.182. The predicted molar refractivity (Wildman–Crippen MR) is 80.1 cm³/mol. The lowest BCUT2D eigenvalue weighted by molar-refractivity contribution is -0.120. The van der Waals surface area contributed by atoms with Crippen LogP contribution in [0.2, 0.25) is 0 Å². The van der Waals surface area contributed by atoms with E-state index in [9.17, 15) is 9.90 Å². The molecule has 0 aliphatic carbocycles. The van der Waals surface area contributed by atoms with Crippen LogP contribution in [0.4, 0.5) is 0 Å². The van der Waals surface area contributed by atoms with E-state index in [4.69, 9.17) is 0 Å². The van der Waals surface area contributed by atoms with Gasteiger partial charge in [-0.1, -0.05) is 34.1 Å². The number of aliphatic hydroxyl groups excluding tert-OH is 1. The number of nitrogens with zero attached hydrogens (tertiary/aromatic N) is 1. The largest absolute Gasteiger partial charge is 0.387 e. The molecule has 0 saturated carbocycles. The summed E-state index contributed by atoms with van der Waals surface area (Å²) in [5.41, 5.74) is 1.62. The Labute approximate surface area is 126 Å². The standard InChI is InChI=1S/C15H15BrN2O2/c16-13-5-3-11(4-6-13)8-15(20)18-10-14(19)12-2-1-7-17-9-12/h1-7,9,14,19H,8,10H2,(H,18,20). The van der Waals surface area contributed by atoms with E-state index >= 15 is 0 Å². The Bertz CT molecular complexity index is 558. The molecule has 20 heavy (non-hydrogen) atoms. The van der Waals surface area contributed by atoms with Crippen molar-refractivity contribution >= 4 is 21.8 Å². The number of aliphatic hydroxyl groups is 1. The monoisotopic (exact) mass is 334 g/mol. The fraction of sp³-hybridized carbons (Fsp3) is 0.200. The number of hydrogen-bond acceptors (Lipinski definition) is 3. The molecule has 1 aromatic carbocycles. The first-order chi connectivity index (χ1) is 9.65. The highest BCUT2D eigenvalue weighted by molar-refractivity contribution is 9.10. The zero-order valence-corrected chi connectivity index (χ0v) is 12.4. The summed E-state index contributed by atoms with van der Waals surface area (Å²) in [6, 6.07) is 11.1. The van der Waals surface area contributed by atoms with Gasteiger partial charge < -0.3 is 10.4 Å². The SMILES string of the molecule is O=C(Cc1ccc(Br)cc1)NCC(O)c1cccnc1. The summed E-state index contributed by atoms with van der Waals surface area (Å²) >= 11 is 3.35. The third kappa shape index (κ3) is 4.43. The van der Waals surface area contributed by atoms with Gasteiger partial charge in [0.05, 0.1) is 12.5 Å². The fourth-order valence-electron chi connectivity index (χ4n) is 1.75. The van der Waals surface area contributed by atoms with Crippen molar-refractivity contribution in [1.82, 2.24) is 10.3 Å². The number of benzene rings is 1. The summed E-state index contributed by atoms with van der Waals surface area (Å²) in [5, 5.41) is 12.6. The molecule has 0 aliphatic rings. The lowest BCUT2D eigenvalue weighted by Gasteiger charge is -2.11. The third-order valence-corrected chi connectivity index (χ3v) is 3.37. The Kier molecular flexibility index (Phi) is 5.26. The smallest absolute Gasteiger partial charge is 0.224 e. The van der Waals surface area contributed by atoms with Crippen molar-refractivity contribution in [2.75, 3.05) is 6.54 Å². The molecule has 2 rings (SSSR count). The van der Waals surface area contributed by atoms with E-state index in [1.807, 2.05) is 24.3 Å². The fourth-order valence-corrected chi connectivity index (χ4v) is 2.02. The zero-order valence-electron chi connectivity index (χ0n) is 10.8. The topological polar surface area (TPSA) is 62.2 Å². The van der Waals surface area contributed by atoms with E-state index in [2.05, 4.69) is 26.2 Å². The minimum Gasteiger partial charge on any atom is -0.387 e. The summed E-state index contributed by atoms with van der Waals surface area (Å²) in [6.07, 6.45) is 2.79.